The number of hydrogen-bond acceptors (Lipinski definition) is 3. The first-order valence-corrected chi connectivity index (χ1v) is 8.44. The lowest BCUT2D eigenvalue weighted by Gasteiger charge is -2.24. The molecule has 1 unspecified atom stereocenters. The second-order valence-corrected chi connectivity index (χ2v) is 9.79. The summed E-state index contributed by atoms with van der Waals surface area (Å²) in [6.45, 7) is 6.36. The molecule has 1 aliphatic rings. The van der Waals surface area contributed by atoms with Crippen molar-refractivity contribution >= 4 is 13.4 Å². The van der Waals surface area contributed by atoms with Gasteiger partial charge in [-0.3, -0.25) is 10.1 Å². The lowest BCUT2D eigenvalue weighted by atomic mass is 10.0. The molecule has 15 heavy (non-hydrogen) atoms. The Balaban J connectivity index is 2.72. The van der Waals surface area contributed by atoms with Gasteiger partial charge < -0.3 is 5.41 Å². The van der Waals surface area contributed by atoms with Crippen molar-refractivity contribution in [3.8, 4) is 0 Å². The van der Waals surface area contributed by atoms with Gasteiger partial charge in [-0.25, -0.2) is 0 Å². The van der Waals surface area contributed by atoms with E-state index in [4.69, 9.17) is 5.41 Å². The van der Waals surface area contributed by atoms with E-state index in [1.807, 2.05) is 0 Å². The molecule has 0 spiro atoms. The molecule has 5 heteroatoms. The molecule has 0 aromatic rings. The van der Waals surface area contributed by atoms with Crippen molar-refractivity contribution < 1.29 is 4.92 Å². The molecule has 0 fully saturated rings. The molecule has 4 nitrogen and oxygen atoms in total. The van der Waals surface area contributed by atoms with Crippen LogP contribution in [0.3, 0.4) is 0 Å². The monoisotopic (exact) mass is 224 g/mol. The number of allylic oxidation sites excluding steroid dienone is 3. The Hall–Kier alpha value is -1.23. The van der Waals surface area contributed by atoms with Crippen LogP contribution in [-0.2, 0) is 0 Å². The second-order valence-electron chi connectivity index (χ2n) is 4.75. The predicted molar refractivity (Wildman–Crippen MR) is 63.4 cm³/mol. The first-order chi connectivity index (χ1) is 6.82. The van der Waals surface area contributed by atoms with Crippen LogP contribution in [0.4, 0.5) is 0 Å². The van der Waals surface area contributed by atoms with Gasteiger partial charge in [0.25, 0.3) is 5.70 Å². The van der Waals surface area contributed by atoms with E-state index in [1.165, 1.54) is 6.08 Å². The van der Waals surface area contributed by atoms with Crippen LogP contribution in [0.1, 0.15) is 6.42 Å². The molecule has 0 heterocycles. The fourth-order valence-corrected chi connectivity index (χ4v) is 2.84. The number of nitrogens with zero attached hydrogens (tertiary/aromatic N) is 1. The van der Waals surface area contributed by atoms with Crippen molar-refractivity contribution in [2.75, 3.05) is 0 Å². The zero-order valence-corrected chi connectivity index (χ0v) is 10.3. The van der Waals surface area contributed by atoms with Gasteiger partial charge in [0.15, 0.2) is 0 Å². The maximum Gasteiger partial charge on any atom is 0.265 e. The highest BCUT2D eigenvalue weighted by molar-refractivity contribution is 7.04. The maximum absolute atomic E-state index is 10.5. The van der Waals surface area contributed by atoms with Crippen molar-refractivity contribution in [1.29, 1.82) is 5.41 Å². The van der Waals surface area contributed by atoms with Gasteiger partial charge in [0.1, 0.15) is 0 Å². The van der Waals surface area contributed by atoms with E-state index in [-0.39, 0.29) is 16.5 Å². The predicted octanol–water partition coefficient (Wildman–Crippen LogP) is 2.62. The first-order valence-electron chi connectivity index (χ1n) is 4.94. The summed E-state index contributed by atoms with van der Waals surface area (Å²) in [6, 6.07) is 0. The van der Waals surface area contributed by atoms with Crippen LogP contribution in [0, 0.1) is 21.4 Å². The van der Waals surface area contributed by atoms with Crippen LogP contribution in [0.25, 0.3) is 0 Å². The van der Waals surface area contributed by atoms with Crippen molar-refractivity contribution in [2.24, 2.45) is 5.92 Å². The summed E-state index contributed by atoms with van der Waals surface area (Å²) >= 11 is 0. The summed E-state index contributed by atoms with van der Waals surface area (Å²) in [5.41, 5.74) is 0.148. The molecular weight excluding hydrogens is 208 g/mol. The van der Waals surface area contributed by atoms with E-state index < -0.39 is 8.07 Å². The molecule has 0 aliphatic heterocycles. The molecular formula is C10H16N2O2Si. The summed E-state index contributed by atoms with van der Waals surface area (Å²) in [7, 11) is -1.56. The highest BCUT2D eigenvalue weighted by Crippen LogP contribution is 2.22. The summed E-state index contributed by atoms with van der Waals surface area (Å²) in [4.78, 5) is 10.1. The van der Waals surface area contributed by atoms with Crippen LogP contribution in [-0.4, -0.2) is 18.3 Å². The molecule has 1 rings (SSSR count). The Kier molecular flexibility index (Phi) is 3.24. The van der Waals surface area contributed by atoms with Crippen molar-refractivity contribution in [3.05, 3.63) is 34.0 Å². The smallest absolute Gasteiger partial charge is 0.265 e. The van der Waals surface area contributed by atoms with E-state index in [2.05, 4.69) is 19.6 Å². The van der Waals surface area contributed by atoms with Crippen LogP contribution >= 0.6 is 0 Å². The normalized spacial score (nSPS) is 21.0. The van der Waals surface area contributed by atoms with Crippen LogP contribution in [0.5, 0.6) is 0 Å². The summed E-state index contributed by atoms with van der Waals surface area (Å²) < 4.78 is 0. The number of hydrogen-bond donors (Lipinski definition) is 1. The maximum atomic E-state index is 10.5. The molecule has 0 radical (unpaired) electrons. The Morgan fingerprint density at radius 1 is 1.60 bits per heavy atom. The molecule has 0 aromatic heterocycles. The van der Waals surface area contributed by atoms with Gasteiger partial charge in [-0.05, 0) is 12.5 Å². The molecule has 0 saturated heterocycles. The quantitative estimate of drug-likeness (QED) is 0.346. The minimum Gasteiger partial charge on any atom is -0.314 e. The largest absolute Gasteiger partial charge is 0.314 e. The zero-order chi connectivity index (χ0) is 11.6. The molecule has 1 aliphatic carbocycles. The van der Waals surface area contributed by atoms with E-state index in [9.17, 15) is 10.1 Å². The van der Waals surface area contributed by atoms with Crippen molar-refractivity contribution in [3.63, 3.8) is 0 Å². The van der Waals surface area contributed by atoms with Crippen LogP contribution in [0.15, 0.2) is 23.9 Å². The number of rotatable bonds is 3. The Bertz CT molecular complexity index is 353. The first kappa shape index (κ1) is 11.8. The highest BCUT2D eigenvalue weighted by atomic mass is 28.3. The van der Waals surface area contributed by atoms with E-state index in [0.29, 0.717) is 6.42 Å². The van der Waals surface area contributed by atoms with Crippen LogP contribution in [0.2, 0.25) is 19.6 Å². The molecule has 0 amide bonds. The summed E-state index contributed by atoms with van der Waals surface area (Å²) in [5.74, 6) is 0.0698. The Morgan fingerprint density at radius 2 is 2.20 bits per heavy atom. The fourth-order valence-electron chi connectivity index (χ4n) is 1.51. The van der Waals surface area contributed by atoms with Gasteiger partial charge in [-0.15, -0.1) is 0 Å². The number of nitro groups is 1. The summed E-state index contributed by atoms with van der Waals surface area (Å²) in [6.07, 6.45) is 5.51. The third-order valence-electron chi connectivity index (χ3n) is 2.47. The average Bonchev–Trinajstić information content (AvgIpc) is 2.15. The van der Waals surface area contributed by atoms with Gasteiger partial charge in [0, 0.05) is 17.3 Å². The lowest BCUT2D eigenvalue weighted by molar-refractivity contribution is -0.419. The third kappa shape index (κ3) is 2.86. The standard InChI is InChI=1S/C10H16N2O2Si/c1-15(2,3)10(11)8-4-6-9(7-5-8)12(13)14/h4,6-8,11H,5H2,1-3H3. The van der Waals surface area contributed by atoms with Gasteiger partial charge >= 0.3 is 0 Å². The third-order valence-corrected chi connectivity index (χ3v) is 4.46. The fraction of sp³-hybridized carbons (Fsp3) is 0.500. The second kappa shape index (κ2) is 4.10. The molecule has 0 aromatic carbocycles. The Morgan fingerprint density at radius 3 is 2.53 bits per heavy atom. The Labute approximate surface area is 90.4 Å². The van der Waals surface area contributed by atoms with Gasteiger partial charge in [-0.2, -0.15) is 0 Å². The molecule has 1 N–H and O–H groups in total. The molecule has 1 atom stereocenters. The molecule has 0 bridgehead atoms. The van der Waals surface area contributed by atoms with Crippen molar-refractivity contribution in [2.45, 2.75) is 26.1 Å². The highest BCUT2D eigenvalue weighted by Gasteiger charge is 2.27. The lowest BCUT2D eigenvalue weighted by Crippen LogP contribution is -2.38. The van der Waals surface area contributed by atoms with Crippen LogP contribution < -0.4 is 0 Å². The topological polar surface area (TPSA) is 67.0 Å². The zero-order valence-electron chi connectivity index (χ0n) is 9.28. The van der Waals surface area contributed by atoms with Gasteiger partial charge in [0.2, 0.25) is 0 Å². The SMILES string of the molecule is C[Si](C)(C)C(=N)C1C=CC([N+](=O)[O-])=CC1. The van der Waals surface area contributed by atoms with Gasteiger partial charge in [0.05, 0.1) is 13.0 Å². The number of nitrogens with one attached hydrogen (secondary N) is 1. The average molecular weight is 224 g/mol. The van der Waals surface area contributed by atoms with E-state index in [1.54, 1.807) is 12.2 Å². The minimum absolute atomic E-state index is 0.0698. The van der Waals surface area contributed by atoms with E-state index in [0.717, 1.165) is 5.33 Å². The minimum atomic E-state index is -1.56. The van der Waals surface area contributed by atoms with E-state index >= 15 is 0 Å². The van der Waals surface area contributed by atoms with Gasteiger partial charge in [-0.1, -0.05) is 25.7 Å². The summed E-state index contributed by atoms with van der Waals surface area (Å²) in [5, 5.41) is 19.2. The molecule has 82 valence electrons. The molecule has 0 saturated carbocycles. The van der Waals surface area contributed by atoms with Crippen molar-refractivity contribution in [1.82, 2.24) is 0 Å².